The number of ether oxygens (including phenoxy) is 2. The van der Waals surface area contributed by atoms with E-state index in [0.29, 0.717) is 39.1 Å². The van der Waals surface area contributed by atoms with Gasteiger partial charge in [0.1, 0.15) is 0 Å². The lowest BCUT2D eigenvalue weighted by Gasteiger charge is -2.48. The van der Waals surface area contributed by atoms with Crippen molar-refractivity contribution in [1.82, 2.24) is 0 Å². The van der Waals surface area contributed by atoms with Gasteiger partial charge in [0.25, 0.3) is 0 Å². The van der Waals surface area contributed by atoms with Crippen LogP contribution in [-0.2, 0) is 31.9 Å². The number of Topliss-reactive ketones (excluding diaryl/α,β-unsaturated/α-hetero) is 1. The van der Waals surface area contributed by atoms with Gasteiger partial charge in [-0.1, -0.05) is 101 Å². The Hall–Kier alpha value is -2.09. The number of carbonyl (C=O) groups excluding carboxylic acids is 1. The second-order valence-electron chi connectivity index (χ2n) is 14.2. The minimum absolute atomic E-state index is 0.00713. The quantitative estimate of drug-likeness (QED) is 0.209. The van der Waals surface area contributed by atoms with Gasteiger partial charge in [-0.05, 0) is 55.4 Å². The Morgan fingerprint density at radius 2 is 1.41 bits per heavy atom. The number of aliphatic hydroxyl groups is 1. The minimum Gasteiger partial charge on any atom is -0.417 e. The molecule has 0 amide bonds. The topological polar surface area (TPSA) is 65.0 Å². The van der Waals surface area contributed by atoms with E-state index in [1.807, 2.05) is 74.5 Å². The summed E-state index contributed by atoms with van der Waals surface area (Å²) in [6, 6.07) is 20.0. The van der Waals surface area contributed by atoms with Crippen molar-refractivity contribution in [3.63, 3.8) is 0 Å². The monoisotopic (exact) mass is 578 g/mol. The Morgan fingerprint density at radius 3 is 1.93 bits per heavy atom. The van der Waals surface area contributed by atoms with Crippen LogP contribution >= 0.6 is 0 Å². The molecule has 0 unspecified atom stereocenters. The molecule has 0 radical (unpaired) electrons. The van der Waals surface area contributed by atoms with E-state index in [4.69, 9.17) is 13.9 Å². The fourth-order valence-electron chi connectivity index (χ4n) is 6.90. The van der Waals surface area contributed by atoms with Crippen LogP contribution in [0.5, 0.6) is 0 Å². The number of carbonyl (C=O) groups is 1. The van der Waals surface area contributed by atoms with E-state index in [-0.39, 0.29) is 24.0 Å². The number of ketones is 1. The third kappa shape index (κ3) is 5.31. The van der Waals surface area contributed by atoms with E-state index in [2.05, 4.69) is 40.4 Å². The minimum atomic E-state index is -2.05. The Morgan fingerprint density at radius 1 is 0.902 bits per heavy atom. The molecule has 2 saturated carbocycles. The first-order valence-corrected chi connectivity index (χ1v) is 17.9. The van der Waals surface area contributed by atoms with Crippen molar-refractivity contribution in [2.24, 2.45) is 16.2 Å². The maximum atomic E-state index is 14.9. The molecule has 2 aliphatic carbocycles. The number of hydrogen-bond donors (Lipinski definition) is 1. The molecule has 5 nitrogen and oxygen atoms in total. The Kier molecular flexibility index (Phi) is 8.96. The van der Waals surface area contributed by atoms with Crippen LogP contribution in [0, 0.1) is 16.2 Å². The molecule has 0 aromatic heterocycles. The highest BCUT2D eigenvalue weighted by atomic mass is 28.4. The second-order valence-corrected chi connectivity index (χ2v) is 19.0. The summed E-state index contributed by atoms with van der Waals surface area (Å²) < 4.78 is 19.2. The van der Waals surface area contributed by atoms with Crippen molar-refractivity contribution < 1.29 is 23.8 Å². The average Bonchev–Trinajstić information content (AvgIpc) is 3.24. The molecule has 2 aromatic rings. The van der Waals surface area contributed by atoms with Crippen molar-refractivity contribution >= 4 is 14.1 Å². The molecule has 0 heterocycles. The summed E-state index contributed by atoms with van der Waals surface area (Å²) in [5, 5.41) is 12.9. The molecular formula is C35H50O5Si. The fraction of sp³-hybridized carbons (Fsp3) is 0.571. The van der Waals surface area contributed by atoms with Gasteiger partial charge in [0.05, 0.1) is 42.9 Å². The predicted octanol–water partition coefficient (Wildman–Crippen LogP) is 7.49. The molecule has 2 fully saturated rings. The van der Waals surface area contributed by atoms with Crippen LogP contribution in [0.4, 0.5) is 0 Å². The van der Waals surface area contributed by atoms with E-state index >= 15 is 0 Å². The number of fused-ring (bicyclic) bond motifs is 1. The van der Waals surface area contributed by atoms with Crippen LogP contribution in [-0.4, -0.2) is 44.6 Å². The zero-order valence-electron chi connectivity index (χ0n) is 26.2. The second kappa shape index (κ2) is 11.5. The van der Waals surface area contributed by atoms with E-state index in [1.165, 1.54) is 0 Å². The summed E-state index contributed by atoms with van der Waals surface area (Å²) in [5.41, 5.74) is -1.42. The SMILES string of the molecule is C=C1CC[C@@]2(O)[C@]1(CCO[Si](C)(C)C(C)(C)C)C(=O)[C@@](C)(COCc1ccccc1)[C@@]2(C)COCc1ccccc1. The fourth-order valence-corrected chi connectivity index (χ4v) is 7.94. The van der Waals surface area contributed by atoms with Gasteiger partial charge in [-0.2, -0.15) is 0 Å². The first kappa shape index (κ1) is 31.8. The molecular weight excluding hydrogens is 528 g/mol. The Bertz CT molecular complexity index is 1220. The molecule has 4 atom stereocenters. The lowest BCUT2D eigenvalue weighted by molar-refractivity contribution is -0.171. The van der Waals surface area contributed by atoms with E-state index < -0.39 is 30.2 Å². The smallest absolute Gasteiger partial charge is 0.191 e. The van der Waals surface area contributed by atoms with Gasteiger partial charge in [0.2, 0.25) is 0 Å². The zero-order chi connectivity index (χ0) is 30.2. The van der Waals surface area contributed by atoms with Gasteiger partial charge in [-0.3, -0.25) is 4.79 Å². The van der Waals surface area contributed by atoms with Crippen LogP contribution in [0.3, 0.4) is 0 Å². The summed E-state index contributed by atoms with van der Waals surface area (Å²) in [4.78, 5) is 14.9. The van der Waals surface area contributed by atoms with Crippen molar-refractivity contribution in [3.05, 3.63) is 83.9 Å². The molecule has 0 saturated heterocycles. The Balaban J connectivity index is 1.66. The normalized spacial score (nSPS) is 30.1. The zero-order valence-corrected chi connectivity index (χ0v) is 27.2. The molecule has 2 aliphatic rings. The van der Waals surface area contributed by atoms with Crippen LogP contribution in [0.1, 0.15) is 65.0 Å². The largest absolute Gasteiger partial charge is 0.417 e. The van der Waals surface area contributed by atoms with Gasteiger partial charge < -0.3 is 19.0 Å². The molecule has 41 heavy (non-hydrogen) atoms. The number of hydrogen-bond acceptors (Lipinski definition) is 5. The molecule has 224 valence electrons. The van der Waals surface area contributed by atoms with Crippen molar-refractivity contribution in [2.45, 2.75) is 90.8 Å². The first-order chi connectivity index (χ1) is 19.1. The summed E-state index contributed by atoms with van der Waals surface area (Å²) in [6.45, 7) is 21.1. The highest BCUT2D eigenvalue weighted by molar-refractivity contribution is 6.74. The predicted molar refractivity (Wildman–Crippen MR) is 167 cm³/mol. The molecule has 0 aliphatic heterocycles. The molecule has 6 heteroatoms. The molecule has 2 aromatic carbocycles. The number of benzene rings is 2. The van der Waals surface area contributed by atoms with Gasteiger partial charge in [0.15, 0.2) is 14.1 Å². The standard InChI is InChI=1S/C35H50O5Si/c1-27-19-20-35(37)33(6,26-39-24-29-17-13-10-14-18-29)32(5,25-38-23-28-15-11-9-12-16-28)30(36)34(27,35)21-22-40-41(7,8)31(2,3)4/h9-18,37H,1,19-26H2,2-8H3/t32-,33-,34+,35+/m1/s1. The van der Waals surface area contributed by atoms with Crippen LogP contribution in [0.15, 0.2) is 72.8 Å². The maximum absolute atomic E-state index is 14.9. The lowest BCUT2D eigenvalue weighted by atomic mass is 9.61. The lowest BCUT2D eigenvalue weighted by Crippen LogP contribution is -2.56. The van der Waals surface area contributed by atoms with Gasteiger partial charge in [-0.15, -0.1) is 0 Å². The summed E-state index contributed by atoms with van der Waals surface area (Å²) in [6.07, 6.45) is 1.49. The third-order valence-electron chi connectivity index (χ3n) is 10.9. The van der Waals surface area contributed by atoms with Crippen LogP contribution in [0.25, 0.3) is 0 Å². The van der Waals surface area contributed by atoms with Crippen molar-refractivity contribution in [2.75, 3.05) is 19.8 Å². The molecule has 0 spiro atoms. The third-order valence-corrected chi connectivity index (χ3v) is 15.4. The van der Waals surface area contributed by atoms with Gasteiger partial charge >= 0.3 is 0 Å². The van der Waals surface area contributed by atoms with E-state index in [0.717, 1.165) is 16.7 Å². The highest BCUT2D eigenvalue weighted by Crippen LogP contribution is 2.72. The van der Waals surface area contributed by atoms with E-state index in [1.54, 1.807) is 0 Å². The maximum Gasteiger partial charge on any atom is 0.191 e. The van der Waals surface area contributed by atoms with Crippen LogP contribution < -0.4 is 0 Å². The first-order valence-electron chi connectivity index (χ1n) is 15.0. The molecule has 1 N–H and O–H groups in total. The average molecular weight is 579 g/mol. The van der Waals surface area contributed by atoms with Crippen molar-refractivity contribution in [3.8, 4) is 0 Å². The Labute approximate surface area is 248 Å². The molecule has 4 rings (SSSR count). The molecule has 0 bridgehead atoms. The summed E-state index contributed by atoms with van der Waals surface area (Å²) in [5.74, 6) is 0.00713. The number of rotatable bonds is 12. The van der Waals surface area contributed by atoms with Gasteiger partial charge in [-0.25, -0.2) is 0 Å². The van der Waals surface area contributed by atoms with Crippen LogP contribution in [0.2, 0.25) is 18.1 Å². The summed E-state index contributed by atoms with van der Waals surface area (Å²) >= 11 is 0. The van der Waals surface area contributed by atoms with E-state index in [9.17, 15) is 9.90 Å². The summed E-state index contributed by atoms with van der Waals surface area (Å²) in [7, 11) is -2.05. The van der Waals surface area contributed by atoms with Crippen molar-refractivity contribution in [1.29, 1.82) is 0 Å². The van der Waals surface area contributed by atoms with Gasteiger partial charge in [0, 0.05) is 12.0 Å². The highest BCUT2D eigenvalue weighted by Gasteiger charge is 2.80.